The SMILES string of the molecule is CCOc1ccc(NC(=O)c2cc3cc(Cl)ccc3n2NC(=O)C(=O)Nc2cccc(OC)c2)cc1. The van der Waals surface area contributed by atoms with E-state index in [-0.39, 0.29) is 5.69 Å². The van der Waals surface area contributed by atoms with Crippen molar-refractivity contribution in [1.29, 1.82) is 0 Å². The number of ether oxygens (including phenoxy) is 2. The van der Waals surface area contributed by atoms with Crippen LogP contribution in [0.1, 0.15) is 17.4 Å². The minimum atomic E-state index is -0.972. The summed E-state index contributed by atoms with van der Waals surface area (Å²) < 4.78 is 11.8. The smallest absolute Gasteiger partial charge is 0.328 e. The highest BCUT2D eigenvalue weighted by Gasteiger charge is 2.21. The summed E-state index contributed by atoms with van der Waals surface area (Å²) in [6.45, 7) is 2.41. The Hall–Kier alpha value is -4.50. The van der Waals surface area contributed by atoms with Crippen molar-refractivity contribution >= 4 is 51.6 Å². The molecule has 0 spiro atoms. The molecule has 0 saturated carbocycles. The normalized spacial score (nSPS) is 10.5. The number of carbonyl (C=O) groups is 3. The third-order valence-electron chi connectivity index (χ3n) is 5.17. The number of fused-ring (bicyclic) bond motifs is 1. The molecule has 0 saturated heterocycles. The number of amides is 3. The van der Waals surface area contributed by atoms with Gasteiger partial charge in [0.2, 0.25) is 0 Å². The van der Waals surface area contributed by atoms with Gasteiger partial charge in [0.05, 0.1) is 19.2 Å². The molecule has 0 aliphatic carbocycles. The molecule has 4 rings (SSSR count). The molecular formula is C26H23ClN4O5. The van der Waals surface area contributed by atoms with Crippen LogP contribution in [-0.4, -0.2) is 36.1 Å². The maximum absolute atomic E-state index is 13.2. The van der Waals surface area contributed by atoms with E-state index >= 15 is 0 Å². The first-order chi connectivity index (χ1) is 17.4. The van der Waals surface area contributed by atoms with Crippen molar-refractivity contribution in [3.63, 3.8) is 0 Å². The van der Waals surface area contributed by atoms with Crippen LogP contribution in [0.25, 0.3) is 10.9 Å². The van der Waals surface area contributed by atoms with Gasteiger partial charge in [-0.25, -0.2) is 4.68 Å². The molecule has 1 heterocycles. The minimum Gasteiger partial charge on any atom is -0.497 e. The van der Waals surface area contributed by atoms with Crippen LogP contribution in [0.3, 0.4) is 0 Å². The zero-order valence-corrected chi connectivity index (χ0v) is 20.3. The molecule has 0 aliphatic heterocycles. The Morgan fingerprint density at radius 2 is 1.64 bits per heavy atom. The van der Waals surface area contributed by atoms with Crippen LogP contribution >= 0.6 is 11.6 Å². The number of aromatic nitrogens is 1. The Morgan fingerprint density at radius 1 is 0.861 bits per heavy atom. The second-order valence-corrected chi connectivity index (χ2v) is 8.04. The summed E-state index contributed by atoms with van der Waals surface area (Å²) in [5.41, 5.74) is 4.00. The number of hydrogen-bond donors (Lipinski definition) is 3. The Labute approximate surface area is 211 Å². The first-order valence-corrected chi connectivity index (χ1v) is 11.4. The Balaban J connectivity index is 1.58. The quantitative estimate of drug-likeness (QED) is 0.316. The summed E-state index contributed by atoms with van der Waals surface area (Å²) in [4.78, 5) is 38.5. The second kappa shape index (κ2) is 10.8. The number of hydrogen-bond acceptors (Lipinski definition) is 5. The fraction of sp³-hybridized carbons (Fsp3) is 0.115. The number of nitrogens with zero attached hydrogens (tertiary/aromatic N) is 1. The molecule has 0 fully saturated rings. The largest absolute Gasteiger partial charge is 0.497 e. The van der Waals surface area contributed by atoms with Gasteiger partial charge in [-0.05, 0) is 67.6 Å². The summed E-state index contributed by atoms with van der Waals surface area (Å²) in [7, 11) is 1.50. The number of benzene rings is 3. The molecule has 0 bridgehead atoms. The van der Waals surface area contributed by atoms with Gasteiger partial charge in [-0.15, -0.1) is 0 Å². The molecular weight excluding hydrogens is 484 g/mol. The molecule has 10 heteroatoms. The first kappa shape index (κ1) is 24.6. The van der Waals surface area contributed by atoms with E-state index in [2.05, 4.69) is 16.1 Å². The first-order valence-electron chi connectivity index (χ1n) is 11.0. The van der Waals surface area contributed by atoms with Crippen LogP contribution in [0.15, 0.2) is 72.8 Å². The van der Waals surface area contributed by atoms with E-state index in [1.165, 1.54) is 11.8 Å². The summed E-state index contributed by atoms with van der Waals surface area (Å²) in [6.07, 6.45) is 0. The van der Waals surface area contributed by atoms with Crippen molar-refractivity contribution in [3.8, 4) is 11.5 Å². The number of anilines is 2. The molecule has 0 unspecified atom stereocenters. The van der Waals surface area contributed by atoms with Crippen molar-refractivity contribution in [2.24, 2.45) is 0 Å². The van der Waals surface area contributed by atoms with Gasteiger partial charge in [0.25, 0.3) is 5.91 Å². The molecule has 184 valence electrons. The number of nitrogens with one attached hydrogen (secondary N) is 3. The number of halogens is 1. The Bertz CT molecular complexity index is 1430. The van der Waals surface area contributed by atoms with Crippen molar-refractivity contribution < 1.29 is 23.9 Å². The highest BCUT2D eigenvalue weighted by molar-refractivity contribution is 6.42. The van der Waals surface area contributed by atoms with Gasteiger partial charge in [0.1, 0.15) is 17.2 Å². The average molecular weight is 507 g/mol. The predicted octanol–water partition coefficient (Wildman–Crippen LogP) is 4.66. The fourth-order valence-electron chi connectivity index (χ4n) is 3.51. The summed E-state index contributed by atoms with van der Waals surface area (Å²) in [5.74, 6) is -1.19. The summed E-state index contributed by atoms with van der Waals surface area (Å²) in [6, 6.07) is 20.0. The molecule has 3 aromatic carbocycles. The molecule has 0 radical (unpaired) electrons. The van der Waals surface area contributed by atoms with Crippen LogP contribution in [0.4, 0.5) is 11.4 Å². The van der Waals surface area contributed by atoms with Crippen molar-refractivity contribution in [3.05, 3.63) is 83.5 Å². The van der Waals surface area contributed by atoms with Crippen molar-refractivity contribution in [2.45, 2.75) is 6.92 Å². The van der Waals surface area contributed by atoms with E-state index in [4.69, 9.17) is 21.1 Å². The van der Waals surface area contributed by atoms with E-state index < -0.39 is 17.7 Å². The lowest BCUT2D eigenvalue weighted by Gasteiger charge is -2.13. The van der Waals surface area contributed by atoms with E-state index in [1.54, 1.807) is 72.8 Å². The molecule has 1 aromatic heterocycles. The van der Waals surface area contributed by atoms with Gasteiger partial charge in [-0.2, -0.15) is 0 Å². The molecule has 36 heavy (non-hydrogen) atoms. The van der Waals surface area contributed by atoms with E-state index in [1.807, 2.05) is 6.92 Å². The van der Waals surface area contributed by atoms with Gasteiger partial charge in [0.15, 0.2) is 0 Å². The molecule has 4 aromatic rings. The van der Waals surface area contributed by atoms with Gasteiger partial charge in [-0.3, -0.25) is 19.8 Å². The van der Waals surface area contributed by atoms with Crippen LogP contribution in [0.5, 0.6) is 11.5 Å². The van der Waals surface area contributed by atoms with Gasteiger partial charge in [0, 0.05) is 27.8 Å². The molecule has 3 amide bonds. The van der Waals surface area contributed by atoms with E-state index in [0.29, 0.717) is 45.4 Å². The highest BCUT2D eigenvalue weighted by Crippen LogP contribution is 2.24. The fourth-order valence-corrected chi connectivity index (χ4v) is 3.69. The third-order valence-corrected chi connectivity index (χ3v) is 5.40. The lowest BCUT2D eigenvalue weighted by Crippen LogP contribution is -2.36. The topological polar surface area (TPSA) is 111 Å². The van der Waals surface area contributed by atoms with Gasteiger partial charge < -0.3 is 20.1 Å². The second-order valence-electron chi connectivity index (χ2n) is 7.61. The van der Waals surface area contributed by atoms with Crippen LogP contribution in [-0.2, 0) is 9.59 Å². The molecule has 3 N–H and O–H groups in total. The third kappa shape index (κ3) is 5.59. The molecule has 0 atom stereocenters. The summed E-state index contributed by atoms with van der Waals surface area (Å²) in [5, 5.41) is 6.36. The highest BCUT2D eigenvalue weighted by atomic mass is 35.5. The van der Waals surface area contributed by atoms with Gasteiger partial charge in [-0.1, -0.05) is 17.7 Å². The summed E-state index contributed by atoms with van der Waals surface area (Å²) >= 11 is 6.12. The maximum atomic E-state index is 13.2. The molecule has 0 aliphatic rings. The van der Waals surface area contributed by atoms with Crippen LogP contribution in [0, 0.1) is 0 Å². The number of carbonyl (C=O) groups excluding carboxylic acids is 3. The Kier molecular flexibility index (Phi) is 7.41. The zero-order valence-electron chi connectivity index (χ0n) is 19.5. The van der Waals surface area contributed by atoms with Crippen molar-refractivity contribution in [1.82, 2.24) is 4.68 Å². The standard InChI is InChI=1S/C26H23ClN4O5/c1-3-36-20-10-8-18(9-11-20)28-24(32)23-14-16-13-17(27)7-12-22(16)31(23)30-26(34)25(33)29-19-5-4-6-21(15-19)35-2/h4-15H,3H2,1-2H3,(H,28,32)(H,29,33)(H,30,34). The van der Waals surface area contributed by atoms with E-state index in [0.717, 1.165) is 0 Å². The number of methoxy groups -OCH3 is 1. The average Bonchev–Trinajstić information content (AvgIpc) is 3.22. The lowest BCUT2D eigenvalue weighted by molar-refractivity contribution is -0.133. The van der Waals surface area contributed by atoms with Crippen LogP contribution < -0.4 is 25.5 Å². The predicted molar refractivity (Wildman–Crippen MR) is 139 cm³/mol. The van der Waals surface area contributed by atoms with Gasteiger partial charge >= 0.3 is 11.8 Å². The zero-order chi connectivity index (χ0) is 25.7. The Morgan fingerprint density at radius 3 is 2.36 bits per heavy atom. The van der Waals surface area contributed by atoms with E-state index in [9.17, 15) is 14.4 Å². The lowest BCUT2D eigenvalue weighted by atomic mass is 10.2. The monoisotopic (exact) mass is 506 g/mol. The number of rotatable bonds is 7. The minimum absolute atomic E-state index is 0.101. The van der Waals surface area contributed by atoms with Crippen molar-refractivity contribution in [2.75, 3.05) is 29.8 Å². The molecule has 9 nitrogen and oxygen atoms in total. The maximum Gasteiger partial charge on any atom is 0.328 e. The van der Waals surface area contributed by atoms with Crippen LogP contribution in [0.2, 0.25) is 5.02 Å².